The number of fused-ring (bicyclic) bond motifs is 2. The number of benzene rings is 1. The van der Waals surface area contributed by atoms with Gasteiger partial charge in [0.05, 0.1) is 12.4 Å². The molecule has 1 aliphatic heterocycles. The minimum atomic E-state index is 0.167. The molecule has 1 fully saturated rings. The predicted octanol–water partition coefficient (Wildman–Crippen LogP) is 2.57. The Balaban J connectivity index is 1.38. The van der Waals surface area contributed by atoms with E-state index in [0.717, 1.165) is 43.8 Å². The van der Waals surface area contributed by atoms with Gasteiger partial charge in [-0.15, -0.1) is 0 Å². The number of hydrogen-bond donors (Lipinski definition) is 1. The standard InChI is InChI=1S/C19H21N5/c20-18-15-4-2-1-3-14(15)11-19(18)5-8-23(9-6-19)17-13-24-10-7-21-16(24)12-22-17/h1-4,7,10,12-13,18H,5-6,8-9,11,20H2/t18-/m1/s1. The quantitative estimate of drug-likeness (QED) is 0.749. The Morgan fingerprint density at radius 2 is 1.96 bits per heavy atom. The van der Waals surface area contributed by atoms with Gasteiger partial charge in [0, 0.05) is 31.5 Å². The number of nitrogens with zero attached hydrogens (tertiary/aromatic N) is 4. The molecule has 24 heavy (non-hydrogen) atoms. The molecular formula is C19H21N5. The lowest BCUT2D eigenvalue weighted by molar-refractivity contribution is 0.187. The van der Waals surface area contributed by atoms with Crippen molar-refractivity contribution in [3.8, 4) is 0 Å². The smallest absolute Gasteiger partial charge is 0.155 e. The lowest BCUT2D eigenvalue weighted by Crippen LogP contribution is -2.44. The molecule has 0 bridgehead atoms. The van der Waals surface area contributed by atoms with Crippen LogP contribution in [-0.2, 0) is 6.42 Å². The molecule has 1 spiro atoms. The Morgan fingerprint density at radius 1 is 1.12 bits per heavy atom. The molecule has 1 aromatic carbocycles. The summed E-state index contributed by atoms with van der Waals surface area (Å²) in [7, 11) is 0. The molecule has 0 saturated carbocycles. The topological polar surface area (TPSA) is 59.5 Å². The molecular weight excluding hydrogens is 298 g/mol. The second-order valence-electron chi connectivity index (χ2n) is 7.14. The van der Waals surface area contributed by atoms with Crippen molar-refractivity contribution in [2.45, 2.75) is 25.3 Å². The largest absolute Gasteiger partial charge is 0.355 e. The highest BCUT2D eigenvalue weighted by molar-refractivity contribution is 5.45. The molecule has 2 aromatic heterocycles. The molecule has 3 aromatic rings. The Morgan fingerprint density at radius 3 is 2.79 bits per heavy atom. The average Bonchev–Trinajstić information content (AvgIpc) is 3.19. The van der Waals surface area contributed by atoms with Gasteiger partial charge < -0.3 is 15.0 Å². The number of imidazole rings is 1. The summed E-state index contributed by atoms with van der Waals surface area (Å²) in [5.74, 6) is 1.03. The number of hydrogen-bond acceptors (Lipinski definition) is 4. The summed E-state index contributed by atoms with van der Waals surface area (Å²) in [5.41, 5.74) is 10.6. The van der Waals surface area contributed by atoms with Crippen LogP contribution < -0.4 is 10.6 Å². The van der Waals surface area contributed by atoms with E-state index in [9.17, 15) is 0 Å². The highest BCUT2D eigenvalue weighted by Crippen LogP contribution is 2.50. The van der Waals surface area contributed by atoms with Crippen LogP contribution >= 0.6 is 0 Å². The number of anilines is 1. The summed E-state index contributed by atoms with van der Waals surface area (Å²) < 4.78 is 2.03. The zero-order chi connectivity index (χ0) is 16.1. The van der Waals surface area contributed by atoms with Crippen molar-refractivity contribution in [1.82, 2.24) is 14.4 Å². The summed E-state index contributed by atoms with van der Waals surface area (Å²) in [5, 5.41) is 0. The molecule has 5 rings (SSSR count). The van der Waals surface area contributed by atoms with Gasteiger partial charge in [0.2, 0.25) is 0 Å². The fraction of sp³-hybridized carbons (Fsp3) is 0.368. The van der Waals surface area contributed by atoms with Crippen molar-refractivity contribution >= 4 is 11.5 Å². The molecule has 1 aliphatic carbocycles. The summed E-state index contributed by atoms with van der Waals surface area (Å²) in [6.45, 7) is 2.02. The van der Waals surface area contributed by atoms with E-state index >= 15 is 0 Å². The molecule has 1 atom stereocenters. The van der Waals surface area contributed by atoms with Crippen molar-refractivity contribution < 1.29 is 0 Å². The van der Waals surface area contributed by atoms with E-state index in [2.05, 4.69) is 45.3 Å². The van der Waals surface area contributed by atoms with Gasteiger partial charge in [0.15, 0.2) is 5.65 Å². The van der Waals surface area contributed by atoms with E-state index in [1.165, 1.54) is 11.1 Å². The van der Waals surface area contributed by atoms with Gasteiger partial charge in [-0.25, -0.2) is 9.97 Å². The zero-order valence-electron chi connectivity index (χ0n) is 13.6. The van der Waals surface area contributed by atoms with Crippen LogP contribution in [0, 0.1) is 5.41 Å². The summed E-state index contributed by atoms with van der Waals surface area (Å²) in [6.07, 6.45) is 11.0. The molecule has 0 radical (unpaired) electrons. The van der Waals surface area contributed by atoms with Gasteiger partial charge in [0.25, 0.3) is 0 Å². The number of piperidine rings is 1. The molecule has 2 aliphatic rings. The maximum Gasteiger partial charge on any atom is 0.155 e. The summed E-state index contributed by atoms with van der Waals surface area (Å²) in [6, 6.07) is 8.85. The van der Waals surface area contributed by atoms with Crippen molar-refractivity contribution in [2.75, 3.05) is 18.0 Å². The van der Waals surface area contributed by atoms with Gasteiger partial charge in [-0.05, 0) is 35.8 Å². The van der Waals surface area contributed by atoms with Crippen LogP contribution in [0.25, 0.3) is 5.65 Å². The first-order valence-electron chi connectivity index (χ1n) is 8.62. The number of rotatable bonds is 1. The van der Waals surface area contributed by atoms with Crippen LogP contribution in [-0.4, -0.2) is 27.5 Å². The SMILES string of the molecule is N[C@@H]1c2ccccc2CC12CCN(c1cn3ccnc3cn1)CC2. The van der Waals surface area contributed by atoms with Crippen molar-refractivity contribution in [3.63, 3.8) is 0 Å². The lowest BCUT2D eigenvalue weighted by Gasteiger charge is -2.42. The molecule has 1 saturated heterocycles. The molecule has 122 valence electrons. The monoisotopic (exact) mass is 319 g/mol. The summed E-state index contributed by atoms with van der Waals surface area (Å²) >= 11 is 0. The highest BCUT2D eigenvalue weighted by atomic mass is 15.2. The maximum absolute atomic E-state index is 6.65. The predicted molar refractivity (Wildman–Crippen MR) is 93.9 cm³/mol. The molecule has 3 heterocycles. The Bertz CT molecular complexity index is 891. The fourth-order valence-corrected chi connectivity index (χ4v) is 4.47. The van der Waals surface area contributed by atoms with E-state index in [1.807, 2.05) is 16.8 Å². The average molecular weight is 319 g/mol. The van der Waals surface area contributed by atoms with E-state index < -0.39 is 0 Å². The minimum Gasteiger partial charge on any atom is -0.355 e. The van der Waals surface area contributed by atoms with E-state index in [1.54, 1.807) is 6.20 Å². The van der Waals surface area contributed by atoms with Crippen LogP contribution in [0.15, 0.2) is 49.1 Å². The lowest BCUT2D eigenvalue weighted by atomic mass is 9.73. The minimum absolute atomic E-state index is 0.167. The van der Waals surface area contributed by atoms with E-state index in [4.69, 9.17) is 5.73 Å². The first-order chi connectivity index (χ1) is 11.8. The third-order valence-electron chi connectivity index (χ3n) is 5.94. The highest BCUT2D eigenvalue weighted by Gasteiger charge is 2.45. The number of aromatic nitrogens is 3. The Hall–Kier alpha value is -2.40. The van der Waals surface area contributed by atoms with Gasteiger partial charge in [-0.1, -0.05) is 24.3 Å². The third-order valence-corrected chi connectivity index (χ3v) is 5.94. The fourth-order valence-electron chi connectivity index (χ4n) is 4.47. The Labute approximate surface area is 141 Å². The summed E-state index contributed by atoms with van der Waals surface area (Å²) in [4.78, 5) is 11.2. The second-order valence-corrected chi connectivity index (χ2v) is 7.14. The Kier molecular flexibility index (Phi) is 2.94. The van der Waals surface area contributed by atoms with E-state index in [0.29, 0.717) is 0 Å². The first kappa shape index (κ1) is 14.0. The van der Waals surface area contributed by atoms with Crippen LogP contribution in [0.2, 0.25) is 0 Å². The van der Waals surface area contributed by atoms with Gasteiger partial charge in [0.1, 0.15) is 5.82 Å². The first-order valence-corrected chi connectivity index (χ1v) is 8.62. The van der Waals surface area contributed by atoms with Gasteiger partial charge in [-0.3, -0.25) is 0 Å². The van der Waals surface area contributed by atoms with Gasteiger partial charge >= 0.3 is 0 Å². The molecule has 5 nitrogen and oxygen atoms in total. The normalized spacial score (nSPS) is 22.2. The molecule has 0 unspecified atom stereocenters. The van der Waals surface area contributed by atoms with Gasteiger partial charge in [-0.2, -0.15) is 0 Å². The maximum atomic E-state index is 6.65. The van der Waals surface area contributed by atoms with Crippen molar-refractivity contribution in [2.24, 2.45) is 11.1 Å². The number of nitrogens with two attached hydrogens (primary N) is 1. The van der Waals surface area contributed by atoms with Crippen molar-refractivity contribution in [1.29, 1.82) is 0 Å². The zero-order valence-corrected chi connectivity index (χ0v) is 13.6. The van der Waals surface area contributed by atoms with Crippen LogP contribution in [0.1, 0.15) is 30.0 Å². The van der Waals surface area contributed by atoms with Crippen LogP contribution in [0.4, 0.5) is 5.82 Å². The molecule has 5 heteroatoms. The van der Waals surface area contributed by atoms with Crippen molar-refractivity contribution in [3.05, 3.63) is 60.2 Å². The third kappa shape index (κ3) is 1.97. The molecule has 2 N–H and O–H groups in total. The second kappa shape index (κ2) is 5.05. The van der Waals surface area contributed by atoms with E-state index in [-0.39, 0.29) is 11.5 Å². The molecule has 0 amide bonds. The van der Waals surface area contributed by atoms with Crippen LogP contribution in [0.3, 0.4) is 0 Å². The van der Waals surface area contributed by atoms with Crippen LogP contribution in [0.5, 0.6) is 0 Å².